The molecule has 140 valence electrons. The first-order chi connectivity index (χ1) is 12.5. The summed E-state index contributed by atoms with van der Waals surface area (Å²) in [6.45, 7) is 4.99. The first kappa shape index (κ1) is 19.8. The monoisotopic (exact) mass is 356 g/mol. The number of carbonyl (C=O) groups excluding carboxylic acids is 1. The van der Waals surface area contributed by atoms with Crippen LogP contribution in [0.2, 0.25) is 0 Å². The van der Waals surface area contributed by atoms with Crippen LogP contribution in [0.4, 0.5) is 0 Å². The zero-order valence-corrected chi connectivity index (χ0v) is 15.9. The third-order valence-corrected chi connectivity index (χ3v) is 4.24. The molecule has 0 aliphatic carbocycles. The molecule has 2 aromatic rings. The van der Waals surface area contributed by atoms with Crippen molar-refractivity contribution < 1.29 is 14.3 Å². The highest BCUT2D eigenvalue weighted by Gasteiger charge is 2.17. The van der Waals surface area contributed by atoms with E-state index in [2.05, 4.69) is 10.6 Å². The fraction of sp³-hybridized carbons (Fsp3) is 0.381. The third-order valence-electron chi connectivity index (χ3n) is 4.24. The van der Waals surface area contributed by atoms with E-state index in [-0.39, 0.29) is 17.9 Å². The molecule has 0 heterocycles. The Kier molecular flexibility index (Phi) is 7.48. The fourth-order valence-electron chi connectivity index (χ4n) is 2.65. The zero-order chi connectivity index (χ0) is 18.9. The van der Waals surface area contributed by atoms with Gasteiger partial charge in [-0.3, -0.25) is 4.79 Å². The third kappa shape index (κ3) is 5.49. The summed E-state index contributed by atoms with van der Waals surface area (Å²) in [5.74, 6) is 1.28. The number of carbonyl (C=O) groups is 1. The normalized spacial score (nSPS) is 12.9. The number of hydrogen-bond donors (Lipinski definition) is 2. The molecule has 0 bridgehead atoms. The van der Waals surface area contributed by atoms with Gasteiger partial charge in [-0.2, -0.15) is 0 Å². The van der Waals surface area contributed by atoms with Gasteiger partial charge in [0.1, 0.15) is 6.61 Å². The van der Waals surface area contributed by atoms with Gasteiger partial charge in [0.05, 0.1) is 13.2 Å². The molecule has 0 aliphatic rings. The molecule has 2 atom stereocenters. The molecule has 5 heteroatoms. The molecule has 0 aromatic heterocycles. The summed E-state index contributed by atoms with van der Waals surface area (Å²) >= 11 is 0. The largest absolute Gasteiger partial charge is 0.493 e. The molecule has 5 nitrogen and oxygen atoms in total. The summed E-state index contributed by atoms with van der Waals surface area (Å²) < 4.78 is 11.3. The van der Waals surface area contributed by atoms with Gasteiger partial charge in [-0.05, 0) is 37.2 Å². The average Bonchev–Trinajstić information content (AvgIpc) is 2.67. The Labute approximate surface area is 155 Å². The van der Waals surface area contributed by atoms with E-state index in [0.717, 1.165) is 11.1 Å². The maximum absolute atomic E-state index is 12.2. The standard InChI is InChI=1S/C21H28N2O3/c1-15(13-22-3)21(24)23-16(2)18-10-11-19(20(12-18)25-4)26-14-17-8-6-5-7-9-17/h5-12,15-16,22H,13-14H2,1-4H3,(H,23,24). The summed E-state index contributed by atoms with van der Waals surface area (Å²) in [4.78, 5) is 12.2. The minimum atomic E-state index is -0.112. The summed E-state index contributed by atoms with van der Waals surface area (Å²) in [6, 6.07) is 15.6. The van der Waals surface area contributed by atoms with Gasteiger partial charge in [-0.25, -0.2) is 0 Å². The van der Waals surface area contributed by atoms with Gasteiger partial charge in [-0.1, -0.05) is 43.3 Å². The van der Waals surface area contributed by atoms with Gasteiger partial charge in [0.25, 0.3) is 0 Å². The number of ether oxygens (including phenoxy) is 2. The summed E-state index contributed by atoms with van der Waals surface area (Å²) in [5.41, 5.74) is 2.07. The van der Waals surface area contributed by atoms with E-state index >= 15 is 0 Å². The van der Waals surface area contributed by atoms with Crippen LogP contribution in [-0.2, 0) is 11.4 Å². The second-order valence-corrected chi connectivity index (χ2v) is 6.37. The zero-order valence-electron chi connectivity index (χ0n) is 15.9. The van der Waals surface area contributed by atoms with Crippen molar-refractivity contribution >= 4 is 5.91 Å². The highest BCUT2D eigenvalue weighted by atomic mass is 16.5. The van der Waals surface area contributed by atoms with Gasteiger partial charge in [0.15, 0.2) is 11.5 Å². The molecule has 2 rings (SSSR count). The van der Waals surface area contributed by atoms with Crippen molar-refractivity contribution in [3.8, 4) is 11.5 Å². The number of hydrogen-bond acceptors (Lipinski definition) is 4. The van der Waals surface area contributed by atoms with Crippen LogP contribution in [0.3, 0.4) is 0 Å². The molecule has 0 saturated carbocycles. The Hall–Kier alpha value is -2.53. The quantitative estimate of drug-likeness (QED) is 0.724. The Morgan fingerprint density at radius 1 is 1.08 bits per heavy atom. The number of rotatable bonds is 9. The summed E-state index contributed by atoms with van der Waals surface area (Å²) in [7, 11) is 3.46. The van der Waals surface area contributed by atoms with Crippen LogP contribution in [0.5, 0.6) is 11.5 Å². The summed E-state index contributed by atoms with van der Waals surface area (Å²) in [6.07, 6.45) is 0. The van der Waals surface area contributed by atoms with Crippen molar-refractivity contribution in [3.63, 3.8) is 0 Å². The van der Waals surface area contributed by atoms with E-state index < -0.39 is 0 Å². The SMILES string of the molecule is CNCC(C)C(=O)NC(C)c1ccc(OCc2ccccc2)c(OC)c1. The average molecular weight is 356 g/mol. The van der Waals surface area contributed by atoms with Crippen molar-refractivity contribution in [2.45, 2.75) is 26.5 Å². The highest BCUT2D eigenvalue weighted by molar-refractivity contribution is 5.79. The Morgan fingerprint density at radius 3 is 2.46 bits per heavy atom. The van der Waals surface area contributed by atoms with Crippen molar-refractivity contribution in [2.24, 2.45) is 5.92 Å². The van der Waals surface area contributed by atoms with Gasteiger partial charge in [0.2, 0.25) is 5.91 Å². The molecule has 0 radical (unpaired) electrons. The molecule has 2 aromatic carbocycles. The van der Waals surface area contributed by atoms with Crippen LogP contribution in [-0.4, -0.2) is 26.6 Å². The van der Waals surface area contributed by atoms with E-state index in [9.17, 15) is 4.79 Å². The van der Waals surface area contributed by atoms with Crippen LogP contribution >= 0.6 is 0 Å². The smallest absolute Gasteiger partial charge is 0.224 e. The van der Waals surface area contributed by atoms with Crippen LogP contribution in [0, 0.1) is 5.92 Å². The van der Waals surface area contributed by atoms with Crippen molar-refractivity contribution in [1.29, 1.82) is 0 Å². The van der Waals surface area contributed by atoms with E-state index in [1.807, 2.05) is 69.4 Å². The molecule has 0 saturated heterocycles. The van der Waals surface area contributed by atoms with Crippen LogP contribution in [0.15, 0.2) is 48.5 Å². The van der Waals surface area contributed by atoms with E-state index in [1.54, 1.807) is 7.11 Å². The molecule has 0 fully saturated rings. The van der Waals surface area contributed by atoms with Crippen molar-refractivity contribution in [2.75, 3.05) is 20.7 Å². The maximum Gasteiger partial charge on any atom is 0.224 e. The predicted octanol–water partition coefficient (Wildman–Crippen LogP) is 3.31. The lowest BCUT2D eigenvalue weighted by Crippen LogP contribution is -2.35. The molecule has 26 heavy (non-hydrogen) atoms. The predicted molar refractivity (Wildman–Crippen MR) is 103 cm³/mol. The number of benzene rings is 2. The number of nitrogens with one attached hydrogen (secondary N) is 2. The van der Waals surface area contributed by atoms with Gasteiger partial charge >= 0.3 is 0 Å². The van der Waals surface area contributed by atoms with Crippen LogP contribution in [0.25, 0.3) is 0 Å². The van der Waals surface area contributed by atoms with Crippen LogP contribution < -0.4 is 20.1 Å². The Balaban J connectivity index is 2.03. The number of methoxy groups -OCH3 is 1. The molecular formula is C21H28N2O3. The van der Waals surface area contributed by atoms with Crippen molar-refractivity contribution in [1.82, 2.24) is 10.6 Å². The number of amides is 1. The second kappa shape index (κ2) is 9.82. The van der Waals surface area contributed by atoms with Crippen molar-refractivity contribution in [3.05, 3.63) is 59.7 Å². The Bertz CT molecular complexity index is 704. The van der Waals surface area contributed by atoms with Gasteiger partial charge in [0, 0.05) is 12.5 Å². The lowest BCUT2D eigenvalue weighted by atomic mass is 10.1. The molecule has 2 unspecified atom stereocenters. The summed E-state index contributed by atoms with van der Waals surface area (Å²) in [5, 5.41) is 6.05. The maximum atomic E-state index is 12.2. The molecule has 0 spiro atoms. The minimum absolute atomic E-state index is 0.0234. The lowest BCUT2D eigenvalue weighted by Gasteiger charge is -2.19. The topological polar surface area (TPSA) is 59.6 Å². The van der Waals surface area contributed by atoms with Gasteiger partial charge in [-0.15, -0.1) is 0 Å². The first-order valence-electron chi connectivity index (χ1n) is 8.84. The second-order valence-electron chi connectivity index (χ2n) is 6.37. The van der Waals surface area contributed by atoms with Gasteiger partial charge < -0.3 is 20.1 Å². The first-order valence-corrected chi connectivity index (χ1v) is 8.84. The molecular weight excluding hydrogens is 328 g/mol. The highest BCUT2D eigenvalue weighted by Crippen LogP contribution is 2.31. The van der Waals surface area contributed by atoms with E-state index in [1.165, 1.54) is 0 Å². The molecule has 0 aliphatic heterocycles. The Morgan fingerprint density at radius 2 is 1.81 bits per heavy atom. The molecule has 2 N–H and O–H groups in total. The van der Waals surface area contributed by atoms with Crippen LogP contribution in [0.1, 0.15) is 31.0 Å². The van der Waals surface area contributed by atoms with E-state index in [4.69, 9.17) is 9.47 Å². The minimum Gasteiger partial charge on any atom is -0.493 e. The fourth-order valence-corrected chi connectivity index (χ4v) is 2.65. The molecule has 1 amide bonds. The van der Waals surface area contributed by atoms with E-state index in [0.29, 0.717) is 24.7 Å². The lowest BCUT2D eigenvalue weighted by molar-refractivity contribution is -0.125.